The number of nitrogens with one attached hydrogen (secondary N) is 1. The summed E-state index contributed by atoms with van der Waals surface area (Å²) < 4.78 is 42.7. The standard InChI is InChI=1S/C29H32F3N5/c1-5-19(3)21-11-7-8-12-24(21)33-20(4)22-15-18(2)16-23-26(22)35-28(36-13-9-6-10-14-36)37-17-25(29(30,31)32)34-27(23)37/h7-8,11-12,15-17,20,33H,3,5-6,9-10,13-14H2,1-2,4H3. The Kier molecular flexibility index (Phi) is 6.60. The number of halogens is 3. The van der Waals surface area contributed by atoms with Gasteiger partial charge in [-0.2, -0.15) is 13.2 Å². The molecule has 4 aromatic rings. The van der Waals surface area contributed by atoms with E-state index in [-0.39, 0.29) is 11.7 Å². The third kappa shape index (κ3) is 4.77. The summed E-state index contributed by atoms with van der Waals surface area (Å²) in [6.45, 7) is 11.8. The van der Waals surface area contributed by atoms with Gasteiger partial charge in [-0.15, -0.1) is 0 Å². The van der Waals surface area contributed by atoms with E-state index in [0.717, 1.165) is 72.9 Å². The van der Waals surface area contributed by atoms with E-state index in [1.54, 1.807) is 0 Å². The molecule has 1 aliphatic heterocycles. The molecule has 5 rings (SSSR count). The van der Waals surface area contributed by atoms with Crippen molar-refractivity contribution in [2.45, 2.75) is 58.7 Å². The highest BCUT2D eigenvalue weighted by molar-refractivity contribution is 5.96. The van der Waals surface area contributed by atoms with Gasteiger partial charge in [-0.3, -0.25) is 4.40 Å². The fourth-order valence-corrected chi connectivity index (χ4v) is 5.18. The second kappa shape index (κ2) is 9.72. The molecule has 0 aliphatic carbocycles. The lowest BCUT2D eigenvalue weighted by Gasteiger charge is -2.29. The fourth-order valence-electron chi connectivity index (χ4n) is 5.18. The van der Waals surface area contributed by atoms with Gasteiger partial charge in [0.2, 0.25) is 5.95 Å². The van der Waals surface area contributed by atoms with Crippen molar-refractivity contribution in [2.75, 3.05) is 23.3 Å². The van der Waals surface area contributed by atoms with E-state index in [9.17, 15) is 13.2 Å². The molecule has 1 atom stereocenters. The summed E-state index contributed by atoms with van der Waals surface area (Å²) in [5.74, 6) is 0.516. The molecule has 37 heavy (non-hydrogen) atoms. The third-order valence-corrected chi connectivity index (χ3v) is 7.16. The van der Waals surface area contributed by atoms with Crippen molar-refractivity contribution >= 4 is 33.8 Å². The highest BCUT2D eigenvalue weighted by Gasteiger charge is 2.35. The van der Waals surface area contributed by atoms with E-state index in [2.05, 4.69) is 47.8 Å². The minimum atomic E-state index is -4.54. The number of imidazole rings is 1. The molecular weight excluding hydrogens is 475 g/mol. The summed E-state index contributed by atoms with van der Waals surface area (Å²) in [7, 11) is 0. The van der Waals surface area contributed by atoms with Crippen LogP contribution in [0.1, 0.15) is 68.0 Å². The molecule has 0 saturated carbocycles. The van der Waals surface area contributed by atoms with E-state index in [1.165, 1.54) is 4.40 Å². The van der Waals surface area contributed by atoms with Crippen LogP contribution in [-0.4, -0.2) is 27.5 Å². The molecule has 2 aromatic carbocycles. The molecule has 3 heterocycles. The number of fused-ring (bicyclic) bond motifs is 3. The van der Waals surface area contributed by atoms with Gasteiger partial charge in [0.1, 0.15) is 5.65 Å². The van der Waals surface area contributed by atoms with Crippen LogP contribution >= 0.6 is 0 Å². The molecule has 0 amide bonds. The van der Waals surface area contributed by atoms with Gasteiger partial charge in [-0.25, -0.2) is 9.97 Å². The van der Waals surface area contributed by atoms with Crippen LogP contribution in [0.2, 0.25) is 0 Å². The number of anilines is 2. The topological polar surface area (TPSA) is 45.5 Å². The maximum absolute atomic E-state index is 13.7. The molecule has 0 bridgehead atoms. The lowest BCUT2D eigenvalue weighted by molar-refractivity contribution is -0.140. The first-order chi connectivity index (χ1) is 17.7. The van der Waals surface area contributed by atoms with Crippen molar-refractivity contribution in [1.29, 1.82) is 0 Å². The van der Waals surface area contributed by atoms with Crippen molar-refractivity contribution in [3.05, 3.63) is 71.6 Å². The average molecular weight is 508 g/mol. The van der Waals surface area contributed by atoms with Gasteiger partial charge >= 0.3 is 6.18 Å². The minimum absolute atomic E-state index is 0.158. The van der Waals surface area contributed by atoms with Crippen LogP contribution in [0.25, 0.3) is 22.1 Å². The number of hydrogen-bond acceptors (Lipinski definition) is 4. The summed E-state index contributed by atoms with van der Waals surface area (Å²) in [5, 5.41) is 4.23. The number of hydrogen-bond donors (Lipinski definition) is 1. The fraction of sp³-hybridized carbons (Fsp3) is 0.379. The Morgan fingerprint density at radius 1 is 1.11 bits per heavy atom. The molecule has 1 aliphatic rings. The Balaban J connectivity index is 1.70. The summed E-state index contributed by atoms with van der Waals surface area (Å²) in [4.78, 5) is 11.2. The lowest BCUT2D eigenvalue weighted by Crippen LogP contribution is -2.32. The summed E-state index contributed by atoms with van der Waals surface area (Å²) in [5.41, 5.74) is 4.97. The number of piperidine rings is 1. The number of para-hydroxylation sites is 1. The number of alkyl halides is 3. The van der Waals surface area contributed by atoms with E-state index >= 15 is 0 Å². The van der Waals surface area contributed by atoms with Crippen LogP contribution < -0.4 is 10.2 Å². The van der Waals surface area contributed by atoms with Crippen LogP contribution in [0.4, 0.5) is 24.8 Å². The van der Waals surface area contributed by atoms with Gasteiger partial charge in [-0.05, 0) is 62.8 Å². The van der Waals surface area contributed by atoms with Gasteiger partial charge in [0.15, 0.2) is 5.69 Å². The smallest absolute Gasteiger partial charge is 0.378 e. The van der Waals surface area contributed by atoms with Gasteiger partial charge in [0, 0.05) is 41.5 Å². The van der Waals surface area contributed by atoms with Crippen molar-refractivity contribution < 1.29 is 13.2 Å². The zero-order valence-corrected chi connectivity index (χ0v) is 21.5. The Morgan fingerprint density at radius 3 is 2.54 bits per heavy atom. The highest BCUT2D eigenvalue weighted by Crippen LogP contribution is 2.36. The summed E-state index contributed by atoms with van der Waals surface area (Å²) in [6.07, 6.45) is 0.462. The molecule has 8 heteroatoms. The minimum Gasteiger partial charge on any atom is -0.378 e. The van der Waals surface area contributed by atoms with Crippen molar-refractivity contribution in [2.24, 2.45) is 0 Å². The zero-order chi connectivity index (χ0) is 26.3. The molecule has 2 aromatic heterocycles. The SMILES string of the molecule is C=C(CC)c1ccccc1NC(C)c1cc(C)cc2c1nc(N1CCCCC1)n1cc(C(F)(F)F)nc21. The van der Waals surface area contributed by atoms with Crippen LogP contribution in [0.5, 0.6) is 0 Å². The first-order valence-electron chi connectivity index (χ1n) is 12.9. The molecule has 5 nitrogen and oxygen atoms in total. The van der Waals surface area contributed by atoms with Crippen LogP contribution in [0, 0.1) is 6.92 Å². The molecule has 1 unspecified atom stereocenters. The van der Waals surface area contributed by atoms with E-state index in [1.807, 2.05) is 31.2 Å². The molecular formula is C29H32F3N5. The van der Waals surface area contributed by atoms with E-state index in [0.29, 0.717) is 16.9 Å². The highest BCUT2D eigenvalue weighted by atomic mass is 19.4. The summed E-state index contributed by atoms with van der Waals surface area (Å²) >= 11 is 0. The molecule has 0 spiro atoms. The zero-order valence-electron chi connectivity index (χ0n) is 21.5. The number of nitrogens with zero attached hydrogens (tertiary/aromatic N) is 4. The number of aryl methyl sites for hydroxylation is 1. The largest absolute Gasteiger partial charge is 0.434 e. The van der Waals surface area contributed by atoms with Crippen LogP contribution in [-0.2, 0) is 6.18 Å². The van der Waals surface area contributed by atoms with Crippen LogP contribution in [0.3, 0.4) is 0 Å². The van der Waals surface area contributed by atoms with Gasteiger partial charge < -0.3 is 10.2 Å². The molecule has 194 valence electrons. The van der Waals surface area contributed by atoms with Gasteiger partial charge in [0.25, 0.3) is 0 Å². The number of rotatable bonds is 6. The first-order valence-corrected chi connectivity index (χ1v) is 12.9. The Hall–Kier alpha value is -3.55. The number of allylic oxidation sites excluding steroid dienone is 1. The quantitative estimate of drug-likeness (QED) is 0.289. The Morgan fingerprint density at radius 2 is 1.84 bits per heavy atom. The van der Waals surface area contributed by atoms with Gasteiger partial charge in [0.05, 0.1) is 11.6 Å². The van der Waals surface area contributed by atoms with Crippen LogP contribution in [0.15, 0.2) is 49.2 Å². The molecule has 1 saturated heterocycles. The second-order valence-corrected chi connectivity index (χ2v) is 9.90. The lowest BCUT2D eigenvalue weighted by atomic mass is 9.99. The van der Waals surface area contributed by atoms with E-state index in [4.69, 9.17) is 4.98 Å². The number of aromatic nitrogens is 3. The maximum atomic E-state index is 13.7. The maximum Gasteiger partial charge on any atom is 0.434 e. The first kappa shape index (κ1) is 25.1. The van der Waals surface area contributed by atoms with E-state index < -0.39 is 11.9 Å². The Labute approximate surface area is 215 Å². The van der Waals surface area contributed by atoms with Crippen molar-refractivity contribution in [3.63, 3.8) is 0 Å². The second-order valence-electron chi connectivity index (χ2n) is 9.90. The third-order valence-electron chi connectivity index (χ3n) is 7.16. The average Bonchev–Trinajstić information content (AvgIpc) is 3.35. The predicted molar refractivity (Wildman–Crippen MR) is 144 cm³/mol. The molecule has 0 radical (unpaired) electrons. The monoisotopic (exact) mass is 507 g/mol. The Bertz CT molecular complexity index is 1460. The normalized spacial score (nSPS) is 15.4. The number of benzene rings is 2. The summed E-state index contributed by atoms with van der Waals surface area (Å²) in [6, 6.07) is 11.8. The molecule has 1 N–H and O–H groups in total. The predicted octanol–water partition coefficient (Wildman–Crippen LogP) is 7.80. The van der Waals surface area contributed by atoms with Gasteiger partial charge in [-0.1, -0.05) is 37.8 Å². The van der Waals surface area contributed by atoms with Crippen molar-refractivity contribution in [3.8, 4) is 0 Å². The van der Waals surface area contributed by atoms with Crippen molar-refractivity contribution in [1.82, 2.24) is 14.4 Å². The molecule has 1 fully saturated rings.